The van der Waals surface area contributed by atoms with E-state index in [-0.39, 0.29) is 11.4 Å². The largest absolute Gasteiger partial charge is 0.300 e. The summed E-state index contributed by atoms with van der Waals surface area (Å²) in [6, 6.07) is 11.2. The molecule has 9 heteroatoms. The van der Waals surface area contributed by atoms with E-state index in [1.807, 2.05) is 31.2 Å². The predicted molar refractivity (Wildman–Crippen MR) is 99.7 cm³/mol. The van der Waals surface area contributed by atoms with Gasteiger partial charge in [0.15, 0.2) is 0 Å². The lowest BCUT2D eigenvalue weighted by Crippen LogP contribution is -2.29. The highest BCUT2D eigenvalue weighted by molar-refractivity contribution is 5.86. The molecular weight excluding hydrogens is 338 g/mol. The third-order valence-electron chi connectivity index (χ3n) is 3.67. The number of rotatable bonds is 7. The number of benzene rings is 2. The normalized spacial score (nSPS) is 11.1. The van der Waals surface area contributed by atoms with E-state index < -0.39 is 15.5 Å². The number of aryl methyl sites for hydroxylation is 1. The van der Waals surface area contributed by atoms with Crippen molar-refractivity contribution in [1.82, 2.24) is 5.43 Å². The number of nitrogens with one attached hydrogen (secondary N) is 2. The number of amidine groups is 1. The average molecular weight is 357 g/mol. The van der Waals surface area contributed by atoms with Crippen molar-refractivity contribution in [2.45, 2.75) is 26.7 Å². The van der Waals surface area contributed by atoms with Crippen LogP contribution in [0.4, 0.5) is 22.7 Å². The van der Waals surface area contributed by atoms with Crippen LogP contribution in [0.1, 0.15) is 25.8 Å². The molecule has 26 heavy (non-hydrogen) atoms. The zero-order valence-electron chi connectivity index (χ0n) is 14.4. The van der Waals surface area contributed by atoms with E-state index in [1.165, 1.54) is 17.7 Å². The molecule has 9 nitrogen and oxygen atoms in total. The van der Waals surface area contributed by atoms with Crippen LogP contribution < -0.4 is 10.9 Å². The summed E-state index contributed by atoms with van der Waals surface area (Å²) in [5, 5.41) is 21.9. The molecule has 136 valence electrons. The van der Waals surface area contributed by atoms with Gasteiger partial charge in [0, 0.05) is 12.5 Å². The topological polar surface area (TPSA) is 123 Å². The van der Waals surface area contributed by atoms with Crippen LogP contribution in [-0.4, -0.2) is 15.7 Å². The monoisotopic (exact) mass is 357 g/mol. The van der Waals surface area contributed by atoms with Gasteiger partial charge < -0.3 is 0 Å². The standard InChI is InChI=1S/C17H19N5O4/c1-3-12-5-7-13(8-6-12)18-17(4-2)20-19-15-10-9-14(21(23)24)11-16(15)22(25)26/h5-11,19H,3-4H2,1-2H3,(H,18,20). The molecule has 0 radical (unpaired) electrons. The van der Waals surface area contributed by atoms with Gasteiger partial charge in [0.2, 0.25) is 0 Å². The van der Waals surface area contributed by atoms with E-state index in [9.17, 15) is 20.2 Å². The molecule has 0 aliphatic carbocycles. The number of hydrazine groups is 1. The Labute approximate surface area is 150 Å². The van der Waals surface area contributed by atoms with Gasteiger partial charge >= 0.3 is 5.69 Å². The number of aliphatic imine (C=N–C) groups is 1. The fourth-order valence-electron chi connectivity index (χ4n) is 2.19. The highest BCUT2D eigenvalue weighted by atomic mass is 16.6. The Kier molecular flexibility index (Phi) is 6.20. The van der Waals surface area contributed by atoms with Crippen molar-refractivity contribution >= 4 is 28.6 Å². The third kappa shape index (κ3) is 4.76. The summed E-state index contributed by atoms with van der Waals surface area (Å²) in [6.07, 6.45) is 1.50. The molecule has 0 heterocycles. The molecule has 0 aromatic heterocycles. The van der Waals surface area contributed by atoms with Gasteiger partial charge in [-0.1, -0.05) is 26.0 Å². The number of nitrogens with zero attached hydrogens (tertiary/aromatic N) is 3. The molecule has 0 aliphatic rings. The molecule has 0 spiro atoms. The van der Waals surface area contributed by atoms with Crippen LogP contribution >= 0.6 is 0 Å². The number of nitro groups is 2. The number of nitro benzene ring substituents is 2. The first-order chi connectivity index (χ1) is 12.4. The first-order valence-electron chi connectivity index (χ1n) is 8.06. The molecule has 0 bridgehead atoms. The second-order valence-corrected chi connectivity index (χ2v) is 5.40. The Balaban J connectivity index is 2.18. The maximum atomic E-state index is 11.1. The third-order valence-corrected chi connectivity index (χ3v) is 3.67. The van der Waals surface area contributed by atoms with E-state index in [2.05, 4.69) is 22.8 Å². The number of non-ortho nitro benzene ring substituents is 1. The zero-order chi connectivity index (χ0) is 19.1. The second-order valence-electron chi connectivity index (χ2n) is 5.40. The van der Waals surface area contributed by atoms with Crippen molar-refractivity contribution < 1.29 is 9.85 Å². The lowest BCUT2D eigenvalue weighted by Gasteiger charge is -2.11. The van der Waals surface area contributed by atoms with Gasteiger partial charge in [-0.25, -0.2) is 4.99 Å². The van der Waals surface area contributed by atoms with E-state index >= 15 is 0 Å². The molecule has 2 aromatic carbocycles. The lowest BCUT2D eigenvalue weighted by atomic mass is 10.1. The van der Waals surface area contributed by atoms with Crippen LogP contribution in [-0.2, 0) is 6.42 Å². The number of anilines is 1. The molecule has 0 saturated carbocycles. The van der Waals surface area contributed by atoms with Gasteiger partial charge in [-0.2, -0.15) is 0 Å². The summed E-state index contributed by atoms with van der Waals surface area (Å²) < 4.78 is 0. The number of hydrogen-bond donors (Lipinski definition) is 2. The van der Waals surface area contributed by atoms with E-state index in [1.54, 1.807) is 0 Å². The fourth-order valence-corrected chi connectivity index (χ4v) is 2.19. The quantitative estimate of drug-likeness (QED) is 0.332. The molecular formula is C17H19N5O4. The van der Waals surface area contributed by atoms with Gasteiger partial charge in [0.05, 0.1) is 21.6 Å². The average Bonchev–Trinajstić information content (AvgIpc) is 2.65. The van der Waals surface area contributed by atoms with Crippen LogP contribution in [0.2, 0.25) is 0 Å². The minimum Gasteiger partial charge on any atom is -0.293 e. The minimum atomic E-state index is -0.677. The van der Waals surface area contributed by atoms with Gasteiger partial charge in [-0.15, -0.1) is 0 Å². The van der Waals surface area contributed by atoms with Crippen LogP contribution in [0, 0.1) is 20.2 Å². The SMILES string of the molecule is CCC(=Nc1ccc(CC)cc1)NNc1ccc([N+](=O)[O-])cc1[N+](=O)[O-]. The van der Waals surface area contributed by atoms with Crippen molar-refractivity contribution in [2.75, 3.05) is 5.43 Å². The predicted octanol–water partition coefficient (Wildman–Crippen LogP) is 4.12. The van der Waals surface area contributed by atoms with Crippen molar-refractivity contribution in [3.8, 4) is 0 Å². The smallest absolute Gasteiger partial charge is 0.293 e. The van der Waals surface area contributed by atoms with E-state index in [0.29, 0.717) is 12.3 Å². The second kappa shape index (κ2) is 8.56. The van der Waals surface area contributed by atoms with Crippen molar-refractivity contribution in [2.24, 2.45) is 4.99 Å². The van der Waals surface area contributed by atoms with Crippen molar-refractivity contribution in [3.63, 3.8) is 0 Å². The Morgan fingerprint density at radius 3 is 2.27 bits per heavy atom. The Hall–Kier alpha value is -3.49. The summed E-state index contributed by atoms with van der Waals surface area (Å²) in [5.74, 6) is 0.571. The number of hydrogen-bond acceptors (Lipinski definition) is 6. The highest BCUT2D eigenvalue weighted by Crippen LogP contribution is 2.28. The Morgan fingerprint density at radius 2 is 1.73 bits per heavy atom. The van der Waals surface area contributed by atoms with Crippen LogP contribution in [0.25, 0.3) is 0 Å². The molecule has 0 amide bonds. The van der Waals surface area contributed by atoms with Crippen molar-refractivity contribution in [1.29, 1.82) is 0 Å². The van der Waals surface area contributed by atoms with Crippen LogP contribution in [0.5, 0.6) is 0 Å². The maximum absolute atomic E-state index is 11.1. The minimum absolute atomic E-state index is 0.114. The van der Waals surface area contributed by atoms with Gasteiger partial charge in [0.25, 0.3) is 5.69 Å². The van der Waals surface area contributed by atoms with Gasteiger partial charge in [0.1, 0.15) is 11.5 Å². The summed E-state index contributed by atoms with van der Waals surface area (Å²) in [7, 11) is 0. The molecule has 0 fully saturated rings. The molecule has 0 saturated heterocycles. The molecule has 2 rings (SSSR count). The summed E-state index contributed by atoms with van der Waals surface area (Å²) in [5.41, 5.74) is 6.88. The maximum Gasteiger partial charge on any atom is 0.300 e. The first-order valence-corrected chi connectivity index (χ1v) is 8.06. The molecule has 0 aliphatic heterocycles. The Bertz CT molecular complexity index is 834. The highest BCUT2D eigenvalue weighted by Gasteiger charge is 2.19. The molecule has 2 aromatic rings. The molecule has 0 unspecified atom stereocenters. The van der Waals surface area contributed by atoms with E-state index in [4.69, 9.17) is 0 Å². The molecule has 0 atom stereocenters. The van der Waals surface area contributed by atoms with Crippen molar-refractivity contribution in [3.05, 3.63) is 68.3 Å². The lowest BCUT2D eigenvalue weighted by molar-refractivity contribution is -0.393. The Morgan fingerprint density at radius 1 is 1.04 bits per heavy atom. The summed E-state index contributed by atoms with van der Waals surface area (Å²) >= 11 is 0. The van der Waals surface area contributed by atoms with Crippen LogP contribution in [0.3, 0.4) is 0 Å². The summed E-state index contributed by atoms with van der Waals surface area (Å²) in [4.78, 5) is 25.0. The first kappa shape index (κ1) is 18.8. The van der Waals surface area contributed by atoms with Gasteiger partial charge in [-0.3, -0.25) is 31.1 Å². The van der Waals surface area contributed by atoms with Gasteiger partial charge in [-0.05, 0) is 30.2 Å². The fraction of sp³-hybridized carbons (Fsp3) is 0.235. The summed E-state index contributed by atoms with van der Waals surface area (Å²) in [6.45, 7) is 3.95. The zero-order valence-corrected chi connectivity index (χ0v) is 14.4. The van der Waals surface area contributed by atoms with Crippen LogP contribution in [0.15, 0.2) is 47.5 Å². The van der Waals surface area contributed by atoms with E-state index in [0.717, 1.165) is 18.2 Å². The molecule has 2 N–H and O–H groups in total.